The molecule has 4 nitrogen and oxygen atoms in total. The average Bonchev–Trinajstić information content (AvgIpc) is 2.73. The van der Waals surface area contributed by atoms with Gasteiger partial charge in [0.1, 0.15) is 11.7 Å². The lowest BCUT2D eigenvalue weighted by molar-refractivity contribution is -0.134. The van der Waals surface area contributed by atoms with Gasteiger partial charge in [0.2, 0.25) is 0 Å². The number of aliphatic hydroxyl groups excluding tert-OH is 1. The number of esters is 1. The minimum Gasteiger partial charge on any atom is -0.426 e. The van der Waals surface area contributed by atoms with Crippen molar-refractivity contribution >= 4 is 23.3 Å². The van der Waals surface area contributed by atoms with Gasteiger partial charge in [0.15, 0.2) is 0 Å². The van der Waals surface area contributed by atoms with Crippen LogP contribution in [0, 0.1) is 0 Å². The predicted molar refractivity (Wildman–Crippen MR) is 73.0 cm³/mol. The standard InChI is InChI=1S/C14H16ClNO3/c15-11-6-9-10(8-17)14(18)19-13(9)7-12(11)16-4-2-1-3-5-16/h6-7,10,17H,1-5,8H2. The third kappa shape index (κ3) is 2.19. The van der Waals surface area contributed by atoms with Crippen molar-refractivity contribution in [3.63, 3.8) is 0 Å². The van der Waals surface area contributed by atoms with Crippen LogP contribution < -0.4 is 9.64 Å². The minimum atomic E-state index is -0.595. The number of benzene rings is 1. The maximum Gasteiger partial charge on any atom is 0.321 e. The van der Waals surface area contributed by atoms with Crippen LogP contribution in [0.25, 0.3) is 0 Å². The number of hydrogen-bond donors (Lipinski definition) is 1. The van der Waals surface area contributed by atoms with Crippen LogP contribution in [0.5, 0.6) is 5.75 Å². The van der Waals surface area contributed by atoms with E-state index in [1.54, 1.807) is 6.07 Å². The number of ether oxygens (including phenoxy) is 1. The zero-order chi connectivity index (χ0) is 13.4. The maximum atomic E-state index is 11.6. The SMILES string of the molecule is O=C1Oc2cc(N3CCCCC3)c(Cl)cc2C1CO. The van der Waals surface area contributed by atoms with Gasteiger partial charge in [0, 0.05) is 24.7 Å². The van der Waals surface area contributed by atoms with Crippen LogP contribution in [-0.2, 0) is 4.79 Å². The van der Waals surface area contributed by atoms with Crippen molar-refractivity contribution in [2.75, 3.05) is 24.6 Å². The quantitative estimate of drug-likeness (QED) is 0.668. The second-order valence-corrected chi connectivity index (χ2v) is 5.45. The molecule has 0 amide bonds. The molecule has 2 aliphatic heterocycles. The summed E-state index contributed by atoms with van der Waals surface area (Å²) in [5, 5.41) is 9.86. The lowest BCUT2D eigenvalue weighted by Gasteiger charge is -2.29. The van der Waals surface area contributed by atoms with Crippen molar-refractivity contribution in [2.45, 2.75) is 25.2 Å². The zero-order valence-electron chi connectivity index (χ0n) is 10.6. The van der Waals surface area contributed by atoms with Crippen LogP contribution >= 0.6 is 11.6 Å². The number of rotatable bonds is 2. The molecule has 1 unspecified atom stereocenters. The average molecular weight is 282 g/mol. The Kier molecular flexibility index (Phi) is 3.37. The number of carbonyl (C=O) groups excluding carboxylic acids is 1. The molecule has 5 heteroatoms. The molecule has 19 heavy (non-hydrogen) atoms. The topological polar surface area (TPSA) is 49.8 Å². The molecule has 0 radical (unpaired) electrons. The molecule has 0 aliphatic carbocycles. The van der Waals surface area contributed by atoms with Crippen LogP contribution in [0.15, 0.2) is 12.1 Å². The monoisotopic (exact) mass is 281 g/mol. The van der Waals surface area contributed by atoms with Gasteiger partial charge in [-0.15, -0.1) is 0 Å². The third-order valence-electron chi connectivity index (χ3n) is 3.83. The Labute approximate surface area is 116 Å². The highest BCUT2D eigenvalue weighted by atomic mass is 35.5. The van der Waals surface area contributed by atoms with E-state index in [1.807, 2.05) is 6.07 Å². The molecule has 0 spiro atoms. The summed E-state index contributed by atoms with van der Waals surface area (Å²) in [4.78, 5) is 13.9. The summed E-state index contributed by atoms with van der Waals surface area (Å²) in [5.74, 6) is -0.457. The van der Waals surface area contributed by atoms with Gasteiger partial charge in [-0.2, -0.15) is 0 Å². The first-order chi connectivity index (χ1) is 9.20. The highest BCUT2D eigenvalue weighted by molar-refractivity contribution is 6.33. The second kappa shape index (κ2) is 5.02. The summed E-state index contributed by atoms with van der Waals surface area (Å²) in [6.07, 6.45) is 3.57. The molecular weight excluding hydrogens is 266 g/mol. The zero-order valence-corrected chi connectivity index (χ0v) is 11.3. The Hall–Kier alpha value is -1.26. The number of halogens is 1. The molecule has 0 bridgehead atoms. The Morgan fingerprint density at radius 3 is 2.74 bits per heavy atom. The Bertz CT molecular complexity index is 512. The first-order valence-electron chi connectivity index (χ1n) is 6.61. The number of carbonyl (C=O) groups is 1. The van der Waals surface area contributed by atoms with Gasteiger partial charge < -0.3 is 14.7 Å². The minimum absolute atomic E-state index is 0.245. The van der Waals surface area contributed by atoms with E-state index in [9.17, 15) is 9.90 Å². The van der Waals surface area contributed by atoms with Crippen molar-refractivity contribution in [3.05, 3.63) is 22.7 Å². The molecule has 2 aliphatic rings. The lowest BCUT2D eigenvalue weighted by atomic mass is 10.0. The van der Waals surface area contributed by atoms with Gasteiger partial charge in [-0.1, -0.05) is 11.6 Å². The summed E-state index contributed by atoms with van der Waals surface area (Å²) in [6.45, 7) is 1.72. The number of piperidine rings is 1. The third-order valence-corrected chi connectivity index (χ3v) is 4.13. The van der Waals surface area contributed by atoms with Crippen molar-refractivity contribution in [3.8, 4) is 5.75 Å². The molecular formula is C14H16ClNO3. The summed E-state index contributed by atoms with van der Waals surface area (Å²) in [7, 11) is 0. The van der Waals surface area contributed by atoms with Crippen LogP contribution in [0.1, 0.15) is 30.7 Å². The Balaban J connectivity index is 1.96. The van der Waals surface area contributed by atoms with E-state index in [2.05, 4.69) is 4.90 Å². The van der Waals surface area contributed by atoms with Gasteiger partial charge >= 0.3 is 5.97 Å². The predicted octanol–water partition coefficient (Wildman–Crippen LogP) is 2.33. The molecule has 1 atom stereocenters. The summed E-state index contributed by atoms with van der Waals surface area (Å²) in [6, 6.07) is 3.59. The Morgan fingerprint density at radius 1 is 1.32 bits per heavy atom. The summed E-state index contributed by atoms with van der Waals surface area (Å²) in [5.41, 5.74) is 1.62. The first-order valence-corrected chi connectivity index (χ1v) is 6.99. The molecule has 1 saturated heterocycles. The van der Waals surface area contributed by atoms with Gasteiger partial charge in [-0.25, -0.2) is 0 Å². The lowest BCUT2D eigenvalue weighted by Crippen LogP contribution is -2.29. The normalized spacial score (nSPS) is 22.3. The van der Waals surface area contributed by atoms with E-state index in [0.29, 0.717) is 16.3 Å². The number of fused-ring (bicyclic) bond motifs is 1. The number of hydrogen-bond acceptors (Lipinski definition) is 4. The van der Waals surface area contributed by atoms with E-state index < -0.39 is 11.9 Å². The fraction of sp³-hybridized carbons (Fsp3) is 0.500. The molecule has 0 aromatic heterocycles. The first kappa shape index (κ1) is 12.8. The van der Waals surface area contributed by atoms with Gasteiger partial charge in [0.05, 0.1) is 17.3 Å². The molecule has 0 saturated carbocycles. The number of aliphatic hydroxyl groups is 1. The maximum absolute atomic E-state index is 11.6. The van der Waals surface area contributed by atoms with E-state index in [1.165, 1.54) is 6.42 Å². The molecule has 1 N–H and O–H groups in total. The summed E-state index contributed by atoms with van der Waals surface area (Å²) < 4.78 is 5.21. The highest BCUT2D eigenvalue weighted by Gasteiger charge is 2.34. The smallest absolute Gasteiger partial charge is 0.321 e. The number of nitrogens with zero attached hydrogens (tertiary/aromatic N) is 1. The number of anilines is 1. The van der Waals surface area contributed by atoms with Gasteiger partial charge in [-0.3, -0.25) is 4.79 Å². The highest BCUT2D eigenvalue weighted by Crippen LogP contribution is 2.41. The van der Waals surface area contributed by atoms with E-state index in [4.69, 9.17) is 16.3 Å². The summed E-state index contributed by atoms with van der Waals surface area (Å²) >= 11 is 6.32. The molecule has 1 aromatic carbocycles. The van der Waals surface area contributed by atoms with Crippen molar-refractivity contribution in [2.24, 2.45) is 0 Å². The van der Waals surface area contributed by atoms with Gasteiger partial charge in [0.25, 0.3) is 0 Å². The fourth-order valence-corrected chi connectivity index (χ4v) is 3.07. The van der Waals surface area contributed by atoms with Crippen LogP contribution in [0.4, 0.5) is 5.69 Å². The molecule has 1 aromatic rings. The van der Waals surface area contributed by atoms with Crippen molar-refractivity contribution in [1.29, 1.82) is 0 Å². The molecule has 1 fully saturated rings. The van der Waals surface area contributed by atoms with Crippen LogP contribution in [0.2, 0.25) is 5.02 Å². The van der Waals surface area contributed by atoms with E-state index >= 15 is 0 Å². The van der Waals surface area contributed by atoms with Crippen molar-refractivity contribution < 1.29 is 14.6 Å². The second-order valence-electron chi connectivity index (χ2n) is 5.05. The van der Waals surface area contributed by atoms with Crippen LogP contribution in [-0.4, -0.2) is 30.8 Å². The molecule has 2 heterocycles. The fourth-order valence-electron chi connectivity index (χ4n) is 2.78. The van der Waals surface area contributed by atoms with Crippen LogP contribution in [0.3, 0.4) is 0 Å². The molecule has 102 valence electrons. The van der Waals surface area contributed by atoms with Gasteiger partial charge in [-0.05, 0) is 25.3 Å². The van der Waals surface area contributed by atoms with E-state index in [0.717, 1.165) is 31.6 Å². The van der Waals surface area contributed by atoms with E-state index in [-0.39, 0.29) is 6.61 Å². The largest absolute Gasteiger partial charge is 0.426 e. The Morgan fingerprint density at radius 2 is 2.05 bits per heavy atom. The molecule has 3 rings (SSSR count). The van der Waals surface area contributed by atoms with Crippen molar-refractivity contribution in [1.82, 2.24) is 0 Å².